The van der Waals surface area contributed by atoms with Crippen molar-refractivity contribution < 1.29 is 9.59 Å². The van der Waals surface area contributed by atoms with Crippen LogP contribution in [0.3, 0.4) is 0 Å². The lowest BCUT2D eigenvalue weighted by Gasteiger charge is -2.34. The number of hydrogen-bond acceptors (Lipinski definition) is 4. The zero-order valence-electron chi connectivity index (χ0n) is 15.1. The Morgan fingerprint density at radius 2 is 1.81 bits per heavy atom. The number of benzene rings is 1. The first-order chi connectivity index (χ1) is 12.7. The Hall–Kier alpha value is -2.18. The van der Waals surface area contributed by atoms with Crippen molar-refractivity contribution in [3.8, 4) is 0 Å². The summed E-state index contributed by atoms with van der Waals surface area (Å²) in [5.74, 6) is 0.158. The van der Waals surface area contributed by atoms with Crippen LogP contribution in [0.15, 0.2) is 41.8 Å². The van der Waals surface area contributed by atoms with E-state index in [1.807, 2.05) is 46.7 Å². The molecule has 0 aliphatic carbocycles. The highest BCUT2D eigenvalue weighted by Gasteiger charge is 2.25. The fourth-order valence-corrected chi connectivity index (χ4v) is 4.07. The van der Waals surface area contributed by atoms with Crippen LogP contribution in [-0.2, 0) is 17.8 Å². The average Bonchev–Trinajstić information content (AvgIpc) is 3.16. The molecule has 2 aromatic rings. The fourth-order valence-electron chi connectivity index (χ4n) is 3.11. The normalized spacial score (nSPS) is 15.0. The predicted octanol–water partition coefficient (Wildman–Crippen LogP) is 2.38. The summed E-state index contributed by atoms with van der Waals surface area (Å²) in [6.45, 7) is 5.82. The van der Waals surface area contributed by atoms with Crippen molar-refractivity contribution in [2.75, 3.05) is 32.7 Å². The smallest absolute Gasteiger partial charge is 0.264 e. The minimum absolute atomic E-state index is 0.0279. The van der Waals surface area contributed by atoms with E-state index in [0.29, 0.717) is 26.2 Å². The number of carbonyl (C=O) groups excluding carboxylic acids is 2. The van der Waals surface area contributed by atoms with E-state index in [9.17, 15) is 9.59 Å². The Labute approximate surface area is 158 Å². The molecule has 1 aliphatic heterocycles. The molecule has 2 heterocycles. The van der Waals surface area contributed by atoms with Crippen molar-refractivity contribution in [3.05, 3.63) is 57.8 Å². The summed E-state index contributed by atoms with van der Waals surface area (Å²) in [5, 5.41) is 4.94. The van der Waals surface area contributed by atoms with Crippen molar-refractivity contribution >= 4 is 23.2 Å². The third-order valence-corrected chi connectivity index (χ3v) is 5.63. The van der Waals surface area contributed by atoms with Gasteiger partial charge in [0.15, 0.2) is 0 Å². The van der Waals surface area contributed by atoms with Crippen LogP contribution in [0.1, 0.15) is 27.7 Å². The van der Waals surface area contributed by atoms with E-state index in [1.165, 1.54) is 11.3 Å². The molecule has 1 aromatic carbocycles. The maximum absolute atomic E-state index is 12.7. The zero-order chi connectivity index (χ0) is 18.4. The van der Waals surface area contributed by atoms with Crippen molar-refractivity contribution in [1.29, 1.82) is 0 Å². The quantitative estimate of drug-likeness (QED) is 0.848. The molecular formula is C20H25N3O2S. The van der Waals surface area contributed by atoms with Crippen LogP contribution in [0.4, 0.5) is 0 Å². The van der Waals surface area contributed by atoms with E-state index in [-0.39, 0.29) is 11.8 Å². The molecule has 0 bridgehead atoms. The monoisotopic (exact) mass is 371 g/mol. The summed E-state index contributed by atoms with van der Waals surface area (Å²) in [7, 11) is 0. The molecule has 6 heteroatoms. The molecule has 138 valence electrons. The molecule has 2 amide bonds. The second kappa shape index (κ2) is 8.96. The van der Waals surface area contributed by atoms with Crippen LogP contribution >= 0.6 is 11.3 Å². The van der Waals surface area contributed by atoms with Gasteiger partial charge in [-0.2, -0.15) is 0 Å². The van der Waals surface area contributed by atoms with Crippen LogP contribution in [0.25, 0.3) is 0 Å². The molecule has 0 unspecified atom stereocenters. The Morgan fingerprint density at radius 3 is 2.50 bits per heavy atom. The van der Waals surface area contributed by atoms with E-state index >= 15 is 0 Å². The highest BCUT2D eigenvalue weighted by molar-refractivity contribution is 7.12. The van der Waals surface area contributed by atoms with Crippen LogP contribution in [-0.4, -0.2) is 54.3 Å². The van der Waals surface area contributed by atoms with Gasteiger partial charge < -0.3 is 10.2 Å². The van der Waals surface area contributed by atoms with Gasteiger partial charge in [-0.05, 0) is 29.0 Å². The number of amides is 2. The van der Waals surface area contributed by atoms with Crippen LogP contribution < -0.4 is 5.32 Å². The first-order valence-electron chi connectivity index (χ1n) is 9.06. The van der Waals surface area contributed by atoms with Gasteiger partial charge in [-0.1, -0.05) is 37.3 Å². The molecule has 0 atom stereocenters. The number of rotatable bonds is 6. The van der Waals surface area contributed by atoms with E-state index in [0.717, 1.165) is 35.5 Å². The highest BCUT2D eigenvalue weighted by Crippen LogP contribution is 2.20. The number of piperazine rings is 1. The number of thiophene rings is 1. The predicted molar refractivity (Wildman–Crippen MR) is 104 cm³/mol. The second-order valence-corrected chi connectivity index (χ2v) is 7.38. The van der Waals surface area contributed by atoms with Gasteiger partial charge in [0.05, 0.1) is 11.4 Å². The maximum atomic E-state index is 12.7. The van der Waals surface area contributed by atoms with Gasteiger partial charge in [-0.3, -0.25) is 14.5 Å². The van der Waals surface area contributed by atoms with Gasteiger partial charge in [0.2, 0.25) is 5.91 Å². The van der Waals surface area contributed by atoms with Crippen molar-refractivity contribution in [1.82, 2.24) is 15.1 Å². The Balaban J connectivity index is 1.43. The fraction of sp³-hybridized carbons (Fsp3) is 0.400. The third-order valence-electron chi connectivity index (χ3n) is 4.68. The maximum Gasteiger partial charge on any atom is 0.264 e. The molecule has 0 spiro atoms. The Kier molecular flexibility index (Phi) is 6.41. The van der Waals surface area contributed by atoms with Gasteiger partial charge in [0.25, 0.3) is 5.91 Å². The molecule has 1 N–H and O–H groups in total. The number of aryl methyl sites for hydroxylation is 1. The molecule has 0 radical (unpaired) electrons. The molecule has 1 saturated heterocycles. The lowest BCUT2D eigenvalue weighted by molar-refractivity contribution is -0.122. The minimum atomic E-state index is 0.0279. The van der Waals surface area contributed by atoms with Gasteiger partial charge in [0.1, 0.15) is 0 Å². The van der Waals surface area contributed by atoms with Crippen LogP contribution in [0.5, 0.6) is 0 Å². The molecule has 1 aliphatic rings. The molecule has 1 fully saturated rings. The van der Waals surface area contributed by atoms with E-state index in [1.54, 1.807) is 0 Å². The van der Waals surface area contributed by atoms with Crippen molar-refractivity contribution in [2.24, 2.45) is 0 Å². The first kappa shape index (κ1) is 18.6. The van der Waals surface area contributed by atoms with E-state index in [2.05, 4.69) is 17.1 Å². The second-order valence-electron chi connectivity index (χ2n) is 6.46. The molecule has 0 saturated carbocycles. The molecule has 1 aromatic heterocycles. The SMILES string of the molecule is CCc1ccsc1C(=O)N1CCN(CC(=O)NCc2ccccc2)CC1. The van der Waals surface area contributed by atoms with Crippen molar-refractivity contribution in [2.45, 2.75) is 19.9 Å². The van der Waals surface area contributed by atoms with Gasteiger partial charge in [-0.25, -0.2) is 0 Å². The topological polar surface area (TPSA) is 52.7 Å². The summed E-state index contributed by atoms with van der Waals surface area (Å²) < 4.78 is 0. The largest absolute Gasteiger partial charge is 0.351 e. The third kappa shape index (κ3) is 4.71. The lowest BCUT2D eigenvalue weighted by Crippen LogP contribution is -2.51. The first-order valence-corrected chi connectivity index (χ1v) is 9.94. The number of hydrogen-bond donors (Lipinski definition) is 1. The average molecular weight is 372 g/mol. The number of nitrogens with one attached hydrogen (secondary N) is 1. The highest BCUT2D eigenvalue weighted by atomic mass is 32.1. The zero-order valence-corrected chi connectivity index (χ0v) is 15.9. The Bertz CT molecular complexity index is 737. The number of nitrogens with zero attached hydrogens (tertiary/aromatic N) is 2. The minimum Gasteiger partial charge on any atom is -0.351 e. The van der Waals surface area contributed by atoms with E-state index in [4.69, 9.17) is 0 Å². The van der Waals surface area contributed by atoms with Crippen LogP contribution in [0.2, 0.25) is 0 Å². The lowest BCUT2D eigenvalue weighted by atomic mass is 10.2. The molecule has 5 nitrogen and oxygen atoms in total. The number of carbonyl (C=O) groups is 2. The molecule has 3 rings (SSSR count). The standard InChI is InChI=1S/C20H25N3O2S/c1-2-17-8-13-26-19(17)20(25)23-11-9-22(10-12-23)15-18(24)21-14-16-6-4-3-5-7-16/h3-8,13H,2,9-12,14-15H2,1H3,(H,21,24). The van der Waals surface area contributed by atoms with Crippen LogP contribution in [0, 0.1) is 0 Å². The Morgan fingerprint density at radius 1 is 1.08 bits per heavy atom. The van der Waals surface area contributed by atoms with E-state index < -0.39 is 0 Å². The van der Waals surface area contributed by atoms with Crippen molar-refractivity contribution in [3.63, 3.8) is 0 Å². The van der Waals surface area contributed by atoms with Gasteiger partial charge >= 0.3 is 0 Å². The van der Waals surface area contributed by atoms with Gasteiger partial charge in [-0.15, -0.1) is 11.3 Å². The molecule has 26 heavy (non-hydrogen) atoms. The molecular weight excluding hydrogens is 346 g/mol. The summed E-state index contributed by atoms with van der Waals surface area (Å²) in [6.07, 6.45) is 0.881. The summed E-state index contributed by atoms with van der Waals surface area (Å²) in [6, 6.07) is 11.9. The van der Waals surface area contributed by atoms with Gasteiger partial charge in [0, 0.05) is 32.7 Å². The summed E-state index contributed by atoms with van der Waals surface area (Å²) in [4.78, 5) is 29.7. The summed E-state index contributed by atoms with van der Waals surface area (Å²) in [5.41, 5.74) is 2.22. The summed E-state index contributed by atoms with van der Waals surface area (Å²) >= 11 is 1.52.